The minimum absolute atomic E-state index is 0.339. The number of rotatable bonds is 2. The van der Waals surface area contributed by atoms with Gasteiger partial charge in [0.15, 0.2) is 6.07 Å². The van der Waals surface area contributed by atoms with E-state index in [-0.39, 0.29) is 0 Å². The van der Waals surface area contributed by atoms with E-state index in [1.807, 2.05) is 0 Å². The summed E-state index contributed by atoms with van der Waals surface area (Å²) in [6.07, 6.45) is 6.00. The van der Waals surface area contributed by atoms with Crippen molar-refractivity contribution in [3.8, 4) is 6.07 Å². The van der Waals surface area contributed by atoms with Gasteiger partial charge >= 0.3 is 5.82 Å². The Bertz CT molecular complexity index is 890. The fourth-order valence-electron chi connectivity index (χ4n) is 3.95. The van der Waals surface area contributed by atoms with Gasteiger partial charge in [-0.1, -0.05) is 0 Å². The second-order valence-corrected chi connectivity index (χ2v) is 7.19. The fourth-order valence-corrected chi connectivity index (χ4v) is 3.95. The molecular formula is C20H24N5O2+. The first-order chi connectivity index (χ1) is 13.2. The lowest BCUT2D eigenvalue weighted by Gasteiger charge is -2.37. The van der Waals surface area contributed by atoms with Crippen molar-refractivity contribution in [2.75, 3.05) is 26.3 Å². The molecule has 1 aliphatic carbocycles. The van der Waals surface area contributed by atoms with Crippen molar-refractivity contribution in [1.29, 1.82) is 0 Å². The number of morpholine rings is 1. The van der Waals surface area contributed by atoms with E-state index in [1.54, 1.807) is 18.2 Å². The van der Waals surface area contributed by atoms with Crippen LogP contribution in [0.3, 0.4) is 0 Å². The molecule has 1 aromatic carbocycles. The lowest BCUT2D eigenvalue weighted by atomic mass is 9.86. The van der Waals surface area contributed by atoms with Crippen LogP contribution >= 0.6 is 0 Å². The van der Waals surface area contributed by atoms with Crippen molar-refractivity contribution in [3.05, 3.63) is 34.9 Å². The quantitative estimate of drug-likeness (QED) is 0.883. The maximum atomic E-state index is 11.4. The summed E-state index contributed by atoms with van der Waals surface area (Å²) in [4.78, 5) is 27.0. The highest BCUT2D eigenvalue weighted by atomic mass is 16.5. The maximum absolute atomic E-state index is 11.4. The van der Waals surface area contributed by atoms with Gasteiger partial charge in [0.2, 0.25) is 12.2 Å². The third kappa shape index (κ3) is 4.07. The number of aromatic nitrogens is 2. The Morgan fingerprint density at radius 1 is 1.19 bits per heavy atom. The third-order valence-electron chi connectivity index (χ3n) is 5.51. The van der Waals surface area contributed by atoms with Gasteiger partial charge < -0.3 is 10.5 Å². The van der Waals surface area contributed by atoms with Crippen molar-refractivity contribution in [2.24, 2.45) is 11.7 Å². The normalized spacial score (nSPS) is 23.6. The summed E-state index contributed by atoms with van der Waals surface area (Å²) in [5, 5.41) is 0.725. The molecule has 0 atom stereocenters. The predicted octanol–water partition coefficient (Wildman–Crippen LogP) is 2.58. The third-order valence-corrected chi connectivity index (χ3v) is 5.51. The molecular weight excluding hydrogens is 342 g/mol. The molecule has 1 amide bonds. The molecule has 2 N–H and O–H groups in total. The minimum atomic E-state index is -0.471. The van der Waals surface area contributed by atoms with Crippen LogP contribution in [-0.2, 0) is 4.74 Å². The molecule has 2 aromatic rings. The van der Waals surface area contributed by atoms with E-state index in [9.17, 15) is 4.79 Å². The molecule has 140 valence electrons. The Balaban J connectivity index is 1.47. The SMILES string of the molecule is NC(=O)c1ccc2ncnc([N+]#CC3CCC(N4CCOCC4)CC3)c2c1. The van der Waals surface area contributed by atoms with E-state index in [2.05, 4.69) is 25.8 Å². The maximum Gasteiger partial charge on any atom is 0.436 e. The zero-order valence-electron chi connectivity index (χ0n) is 15.3. The van der Waals surface area contributed by atoms with Gasteiger partial charge in [0.25, 0.3) is 0 Å². The lowest BCUT2D eigenvalue weighted by Crippen LogP contribution is -2.44. The van der Waals surface area contributed by atoms with Gasteiger partial charge in [0.05, 0.1) is 24.6 Å². The van der Waals surface area contributed by atoms with Crippen LogP contribution in [-0.4, -0.2) is 53.1 Å². The molecule has 2 heterocycles. The number of primary amides is 1. The summed E-state index contributed by atoms with van der Waals surface area (Å²) in [6.45, 7) is 3.79. The molecule has 0 unspecified atom stereocenters. The van der Waals surface area contributed by atoms with E-state index in [0.717, 1.165) is 50.0 Å². The van der Waals surface area contributed by atoms with Crippen LogP contribution in [0.4, 0.5) is 5.82 Å². The molecule has 1 saturated carbocycles. The first kappa shape index (κ1) is 17.8. The molecule has 7 heteroatoms. The summed E-state index contributed by atoms with van der Waals surface area (Å²) in [5.41, 5.74) is 6.55. The number of fused-ring (bicyclic) bond motifs is 1. The highest BCUT2D eigenvalue weighted by Crippen LogP contribution is 2.29. The molecule has 4 rings (SSSR count). The lowest BCUT2D eigenvalue weighted by molar-refractivity contribution is 0.00670. The average Bonchev–Trinajstić information content (AvgIpc) is 2.73. The molecule has 1 aliphatic heterocycles. The van der Waals surface area contributed by atoms with Gasteiger partial charge in [-0.3, -0.25) is 9.69 Å². The topological polar surface area (TPSA) is 85.7 Å². The number of nitrogens with two attached hydrogens (primary N) is 1. The monoisotopic (exact) mass is 366 g/mol. The van der Waals surface area contributed by atoms with Crippen molar-refractivity contribution >= 4 is 22.6 Å². The van der Waals surface area contributed by atoms with Gasteiger partial charge in [-0.2, -0.15) is 4.85 Å². The Labute approximate surface area is 158 Å². The second kappa shape index (κ2) is 7.99. The average molecular weight is 366 g/mol. The number of benzene rings is 1. The molecule has 0 radical (unpaired) electrons. The summed E-state index contributed by atoms with van der Waals surface area (Å²) in [7, 11) is 0. The van der Waals surface area contributed by atoms with Crippen LogP contribution < -0.4 is 5.73 Å². The predicted molar refractivity (Wildman–Crippen MR) is 103 cm³/mol. The number of amides is 1. The van der Waals surface area contributed by atoms with E-state index >= 15 is 0 Å². The standard InChI is InChI=1S/C20H23N5O2/c21-19(26)15-3-6-18-17(11-15)20(24-13-23-18)22-12-14-1-4-16(5-2-14)25-7-9-27-10-8-25/h3,6,11,13-14,16H,1-2,4-5,7-10H2,(H-,21,26)/p+1. The Morgan fingerprint density at radius 2 is 1.96 bits per heavy atom. The van der Waals surface area contributed by atoms with E-state index < -0.39 is 5.91 Å². The highest BCUT2D eigenvalue weighted by molar-refractivity contribution is 5.99. The van der Waals surface area contributed by atoms with Crippen LogP contribution in [0.25, 0.3) is 15.7 Å². The van der Waals surface area contributed by atoms with Crippen molar-refractivity contribution in [1.82, 2.24) is 14.9 Å². The van der Waals surface area contributed by atoms with E-state index in [1.165, 1.54) is 19.2 Å². The Kier molecular flexibility index (Phi) is 5.28. The smallest absolute Gasteiger partial charge is 0.379 e. The number of hydrogen-bond acceptors (Lipinski definition) is 5. The van der Waals surface area contributed by atoms with Gasteiger partial charge in [0, 0.05) is 24.7 Å². The summed E-state index contributed by atoms with van der Waals surface area (Å²) in [5.74, 6) is 0.408. The molecule has 1 aromatic heterocycles. The van der Waals surface area contributed by atoms with Crippen LogP contribution in [0.15, 0.2) is 24.5 Å². The number of carbonyl (C=O) groups is 1. The van der Waals surface area contributed by atoms with E-state index in [4.69, 9.17) is 10.5 Å². The zero-order valence-corrected chi connectivity index (χ0v) is 15.3. The number of carbonyl (C=O) groups excluding carboxylic acids is 1. The largest absolute Gasteiger partial charge is 0.436 e. The molecule has 7 nitrogen and oxygen atoms in total. The highest BCUT2D eigenvalue weighted by Gasteiger charge is 2.27. The van der Waals surface area contributed by atoms with Crippen molar-refractivity contribution in [2.45, 2.75) is 31.7 Å². The van der Waals surface area contributed by atoms with Gasteiger partial charge in [-0.05, 0) is 48.9 Å². The van der Waals surface area contributed by atoms with Crippen molar-refractivity contribution < 1.29 is 9.53 Å². The molecule has 1 saturated heterocycles. The minimum Gasteiger partial charge on any atom is -0.379 e. The fraction of sp³-hybridized carbons (Fsp3) is 0.500. The first-order valence-electron chi connectivity index (χ1n) is 9.53. The van der Waals surface area contributed by atoms with Gasteiger partial charge in [0.1, 0.15) is 5.39 Å². The number of hydrogen-bond donors (Lipinski definition) is 1. The summed E-state index contributed by atoms with van der Waals surface area (Å²) >= 11 is 0. The summed E-state index contributed by atoms with van der Waals surface area (Å²) < 4.78 is 5.45. The van der Waals surface area contributed by atoms with Crippen LogP contribution in [0.1, 0.15) is 36.0 Å². The van der Waals surface area contributed by atoms with Crippen LogP contribution in [0.2, 0.25) is 0 Å². The molecule has 2 aliphatic rings. The van der Waals surface area contributed by atoms with Gasteiger partial charge in [-0.15, -0.1) is 0 Å². The molecule has 0 bridgehead atoms. The number of ether oxygens (including phenoxy) is 1. The van der Waals surface area contributed by atoms with Crippen LogP contribution in [0, 0.1) is 12.0 Å². The molecule has 27 heavy (non-hydrogen) atoms. The first-order valence-corrected chi connectivity index (χ1v) is 9.53. The van der Waals surface area contributed by atoms with Crippen LogP contribution in [0.5, 0.6) is 0 Å². The Morgan fingerprint density at radius 3 is 2.70 bits per heavy atom. The summed E-state index contributed by atoms with van der Waals surface area (Å²) in [6, 6.07) is 9.07. The number of nitrogens with zero attached hydrogens (tertiary/aromatic N) is 4. The Hall–Kier alpha value is -2.56. The zero-order chi connectivity index (χ0) is 18.6. The van der Waals surface area contributed by atoms with Crippen molar-refractivity contribution in [3.63, 3.8) is 0 Å². The molecule has 2 fully saturated rings. The second-order valence-electron chi connectivity index (χ2n) is 7.19. The molecule has 0 spiro atoms. The van der Waals surface area contributed by atoms with E-state index in [0.29, 0.717) is 23.3 Å². The van der Waals surface area contributed by atoms with Gasteiger partial charge in [-0.25, -0.2) is 4.98 Å².